The fraction of sp³-hybridized carbons (Fsp3) is 0.425. The molecule has 55 heavy (non-hydrogen) atoms. The Morgan fingerprint density at radius 2 is 1.69 bits per heavy atom. The van der Waals surface area contributed by atoms with Crippen LogP contribution >= 0.6 is 23.8 Å². The summed E-state index contributed by atoms with van der Waals surface area (Å²) in [5.41, 5.74) is -0.621. The summed E-state index contributed by atoms with van der Waals surface area (Å²) in [4.78, 5) is 49.8. The van der Waals surface area contributed by atoms with E-state index in [2.05, 4.69) is 31.2 Å². The first-order valence-corrected chi connectivity index (χ1v) is 19.1. The largest absolute Gasteiger partial charge is 0.418 e. The van der Waals surface area contributed by atoms with E-state index in [-0.39, 0.29) is 42.7 Å². The van der Waals surface area contributed by atoms with E-state index >= 15 is 0 Å². The number of H-pyrrole nitrogens is 1. The third kappa shape index (κ3) is 9.64. The first kappa shape index (κ1) is 41.6. The van der Waals surface area contributed by atoms with Gasteiger partial charge in [-0.15, -0.1) is 0 Å². The van der Waals surface area contributed by atoms with E-state index in [0.29, 0.717) is 46.2 Å². The van der Waals surface area contributed by atoms with Crippen LogP contribution in [-0.4, -0.2) is 50.3 Å². The number of nitrogens with one attached hydrogen (secondary N) is 5. The minimum absolute atomic E-state index is 0.0337. The molecule has 2 aromatic carbocycles. The molecule has 0 aliphatic heterocycles. The highest BCUT2D eigenvalue weighted by Gasteiger charge is 2.47. The lowest BCUT2D eigenvalue weighted by Gasteiger charge is -2.40. The molecule has 2 aromatic heterocycles. The number of hydrogen-bond donors (Lipinski definition) is 5. The smallest absolute Gasteiger partial charge is 0.374 e. The number of carbonyl (C=O) groups excluding carboxylic acids is 3. The van der Waals surface area contributed by atoms with E-state index in [1.54, 1.807) is 37.4 Å². The van der Waals surface area contributed by atoms with Gasteiger partial charge in [-0.05, 0) is 59.6 Å². The van der Waals surface area contributed by atoms with Crippen molar-refractivity contribution in [1.82, 2.24) is 31.2 Å². The van der Waals surface area contributed by atoms with E-state index in [1.807, 2.05) is 20.8 Å². The van der Waals surface area contributed by atoms with Gasteiger partial charge in [0.15, 0.2) is 0 Å². The molecule has 4 aromatic rings. The van der Waals surface area contributed by atoms with Crippen LogP contribution in [0, 0.1) is 17.7 Å². The molecule has 0 spiro atoms. The lowest BCUT2D eigenvalue weighted by Crippen LogP contribution is -2.67. The topological polar surface area (TPSA) is 128 Å². The molecule has 1 aliphatic carbocycles. The van der Waals surface area contributed by atoms with Gasteiger partial charge in [-0.1, -0.05) is 101 Å². The van der Waals surface area contributed by atoms with Gasteiger partial charge in [-0.25, -0.2) is 9.37 Å². The lowest BCUT2D eigenvalue weighted by molar-refractivity contribution is -0.137. The minimum atomic E-state index is -4.63. The third-order valence-corrected chi connectivity index (χ3v) is 11.2. The van der Waals surface area contributed by atoms with Gasteiger partial charge in [0.1, 0.15) is 22.6 Å². The van der Waals surface area contributed by atoms with Crippen LogP contribution in [0.3, 0.4) is 0 Å². The molecule has 0 radical (unpaired) electrons. The lowest BCUT2D eigenvalue weighted by atomic mass is 9.78. The number of aryl methyl sites for hydroxylation is 1. The quantitative estimate of drug-likeness (QED) is 0.0525. The number of hydrogen-bond acceptors (Lipinski definition) is 5. The summed E-state index contributed by atoms with van der Waals surface area (Å²) in [6, 6.07) is 11.4. The highest BCUT2D eigenvalue weighted by atomic mass is 35.5. The predicted molar refractivity (Wildman–Crippen MR) is 208 cm³/mol. The highest BCUT2D eigenvalue weighted by molar-refractivity contribution is 7.80. The number of pyridine rings is 1. The standard InChI is InChI=1S/C40H45ClF4N6O3S/c1-5-22(3)33(49-32(52)18-25-10-7-8-13-29(25)42)36(53)51-39(17-16-30-27(19-39)26-11-9-12-28(35(26)48-30)40(43,44)45)38(54)50-34(23(4)6-2)37(55)47-21-24-14-15-31(41)46-20-24/h7-15,20,22-23,33-34,48H,5-6,16-19,21H2,1-4H3,(H,47,55)(H,49,52)(H,50,54)(H,51,53)/t22?,23?,33-,34-,39+/m0/s1. The molecule has 0 fully saturated rings. The van der Waals surface area contributed by atoms with Crippen LogP contribution in [0.2, 0.25) is 5.15 Å². The van der Waals surface area contributed by atoms with E-state index in [1.165, 1.54) is 24.3 Å². The Hall–Kier alpha value is -4.56. The Balaban J connectivity index is 1.49. The summed E-state index contributed by atoms with van der Waals surface area (Å²) in [7, 11) is 0. The van der Waals surface area contributed by atoms with Crippen molar-refractivity contribution in [3.05, 3.63) is 99.7 Å². The number of nitrogens with zero attached hydrogens (tertiary/aromatic N) is 1. The molecule has 0 saturated heterocycles. The van der Waals surface area contributed by atoms with Gasteiger partial charge in [0.05, 0.1) is 28.5 Å². The Labute approximate surface area is 327 Å². The number of para-hydroxylation sites is 1. The number of amides is 3. The van der Waals surface area contributed by atoms with Crippen molar-refractivity contribution in [2.45, 2.75) is 96.6 Å². The second-order valence-electron chi connectivity index (χ2n) is 14.3. The van der Waals surface area contributed by atoms with E-state index in [4.69, 9.17) is 23.8 Å². The molecular formula is C40H45ClF4N6O3S. The van der Waals surface area contributed by atoms with Gasteiger partial charge in [0, 0.05) is 30.2 Å². The average Bonchev–Trinajstić information content (AvgIpc) is 3.53. The zero-order valence-electron chi connectivity index (χ0n) is 31.0. The zero-order valence-corrected chi connectivity index (χ0v) is 32.6. The van der Waals surface area contributed by atoms with Crippen molar-refractivity contribution in [2.24, 2.45) is 11.8 Å². The maximum atomic E-state index is 14.8. The van der Waals surface area contributed by atoms with Crippen molar-refractivity contribution in [1.29, 1.82) is 0 Å². The van der Waals surface area contributed by atoms with E-state index < -0.39 is 58.8 Å². The van der Waals surface area contributed by atoms with Gasteiger partial charge in [-0.2, -0.15) is 13.2 Å². The normalized spacial score (nSPS) is 17.7. The molecule has 5 N–H and O–H groups in total. The van der Waals surface area contributed by atoms with Crippen LogP contribution < -0.4 is 21.3 Å². The molecule has 294 valence electrons. The van der Waals surface area contributed by atoms with Gasteiger partial charge in [-0.3, -0.25) is 14.4 Å². The molecule has 3 amide bonds. The second-order valence-corrected chi connectivity index (χ2v) is 15.1. The molecule has 9 nitrogen and oxygen atoms in total. The fourth-order valence-corrected chi connectivity index (χ4v) is 7.39. The van der Waals surface area contributed by atoms with Crippen molar-refractivity contribution in [3.63, 3.8) is 0 Å². The maximum Gasteiger partial charge on any atom is 0.418 e. The predicted octanol–water partition coefficient (Wildman–Crippen LogP) is 7.14. The molecule has 5 atom stereocenters. The van der Waals surface area contributed by atoms with Crippen molar-refractivity contribution >= 4 is 57.4 Å². The number of rotatable bonds is 14. The number of alkyl halides is 3. The summed E-state index contributed by atoms with van der Waals surface area (Å²) in [6.45, 7) is 7.80. The zero-order chi connectivity index (χ0) is 40.1. The highest BCUT2D eigenvalue weighted by Crippen LogP contribution is 2.40. The molecule has 15 heteroatoms. The van der Waals surface area contributed by atoms with E-state index in [9.17, 15) is 31.9 Å². The Kier molecular flexibility index (Phi) is 13.2. The summed E-state index contributed by atoms with van der Waals surface area (Å²) in [6.07, 6.45) is -2.20. The summed E-state index contributed by atoms with van der Waals surface area (Å²) in [5, 5.41) is 12.6. The number of thiocarbonyl (C=S) groups is 1. The monoisotopic (exact) mass is 800 g/mol. The van der Waals surface area contributed by atoms with Crippen molar-refractivity contribution in [2.75, 3.05) is 0 Å². The van der Waals surface area contributed by atoms with Crippen LogP contribution in [0.5, 0.6) is 0 Å². The number of benzene rings is 2. The van der Waals surface area contributed by atoms with Gasteiger partial charge in [0.2, 0.25) is 17.7 Å². The summed E-state index contributed by atoms with van der Waals surface area (Å²) < 4.78 is 56.7. The molecule has 0 bridgehead atoms. The van der Waals surface area contributed by atoms with Crippen LogP contribution in [0.4, 0.5) is 17.6 Å². The number of aromatic nitrogens is 2. The molecule has 0 saturated carbocycles. The average molecular weight is 801 g/mol. The maximum absolute atomic E-state index is 14.8. The van der Waals surface area contributed by atoms with Crippen molar-refractivity contribution < 1.29 is 31.9 Å². The van der Waals surface area contributed by atoms with Crippen LogP contribution in [0.15, 0.2) is 60.8 Å². The number of fused-ring (bicyclic) bond motifs is 3. The summed E-state index contributed by atoms with van der Waals surface area (Å²) in [5.74, 6) is -2.94. The van der Waals surface area contributed by atoms with E-state index in [0.717, 1.165) is 11.6 Å². The fourth-order valence-electron chi connectivity index (χ4n) is 6.91. The SMILES string of the molecule is CCC(C)[C@H](NC(=O)Cc1ccccc1F)C(=O)N[C@]1(C(=O)N[C@H](C(=S)NCc2ccc(Cl)nc2)C(C)CC)CCc2[nH]c3c(C(F)(F)F)cccc3c2C1. The first-order chi connectivity index (χ1) is 26.1. The van der Waals surface area contributed by atoms with Crippen molar-refractivity contribution in [3.8, 4) is 0 Å². The molecule has 1 aliphatic rings. The third-order valence-electron chi connectivity index (χ3n) is 10.6. The number of aromatic amines is 1. The van der Waals surface area contributed by atoms with Gasteiger partial charge in [0.25, 0.3) is 0 Å². The molecule has 2 unspecified atom stereocenters. The Morgan fingerprint density at radius 3 is 2.35 bits per heavy atom. The van der Waals surface area contributed by atoms with Crippen LogP contribution in [0.1, 0.15) is 74.9 Å². The summed E-state index contributed by atoms with van der Waals surface area (Å²) >= 11 is 11.7. The van der Waals surface area contributed by atoms with Gasteiger partial charge >= 0.3 is 6.18 Å². The molecule has 5 rings (SSSR count). The number of halogens is 5. The molecule has 2 heterocycles. The first-order valence-electron chi connectivity index (χ1n) is 18.3. The van der Waals surface area contributed by atoms with Crippen LogP contribution in [0.25, 0.3) is 10.9 Å². The molecular weight excluding hydrogens is 756 g/mol. The minimum Gasteiger partial charge on any atom is -0.374 e. The second kappa shape index (κ2) is 17.5. The van der Waals surface area contributed by atoms with Crippen LogP contribution in [-0.2, 0) is 46.4 Å². The number of carbonyl (C=O) groups is 3. The van der Waals surface area contributed by atoms with Gasteiger partial charge < -0.3 is 26.3 Å². The Bertz CT molecular complexity index is 2040. The Morgan fingerprint density at radius 1 is 0.982 bits per heavy atom.